The van der Waals surface area contributed by atoms with E-state index in [0.29, 0.717) is 6.04 Å². The Balaban J connectivity index is 2.11. The van der Waals surface area contributed by atoms with Gasteiger partial charge in [0.1, 0.15) is 5.75 Å². The SMILES string of the molecule is CCC(CC)CNC(C)c1ccc2cc(OC)ccc2c1. The molecule has 0 amide bonds. The van der Waals surface area contributed by atoms with Crippen molar-refractivity contribution in [1.29, 1.82) is 0 Å². The fourth-order valence-corrected chi connectivity index (χ4v) is 2.68. The average Bonchev–Trinajstić information content (AvgIpc) is 2.54. The number of methoxy groups -OCH3 is 1. The monoisotopic (exact) mass is 285 g/mol. The lowest BCUT2D eigenvalue weighted by Crippen LogP contribution is -2.25. The number of fused-ring (bicyclic) bond motifs is 1. The highest BCUT2D eigenvalue weighted by Crippen LogP contribution is 2.24. The van der Waals surface area contributed by atoms with Crippen LogP contribution >= 0.6 is 0 Å². The van der Waals surface area contributed by atoms with Crippen LogP contribution in [0.5, 0.6) is 5.75 Å². The highest BCUT2D eigenvalue weighted by atomic mass is 16.5. The molecule has 0 heterocycles. The van der Waals surface area contributed by atoms with Crippen molar-refractivity contribution in [2.45, 2.75) is 39.7 Å². The summed E-state index contributed by atoms with van der Waals surface area (Å²) in [4.78, 5) is 0. The third-order valence-electron chi connectivity index (χ3n) is 4.44. The van der Waals surface area contributed by atoms with E-state index in [1.807, 2.05) is 6.07 Å². The molecule has 2 aromatic carbocycles. The Morgan fingerprint density at radius 1 is 1.00 bits per heavy atom. The van der Waals surface area contributed by atoms with Gasteiger partial charge in [-0.15, -0.1) is 0 Å². The zero-order valence-electron chi connectivity index (χ0n) is 13.6. The summed E-state index contributed by atoms with van der Waals surface area (Å²) in [5, 5.41) is 6.16. The summed E-state index contributed by atoms with van der Waals surface area (Å²) < 4.78 is 5.28. The van der Waals surface area contributed by atoms with Crippen LogP contribution in [-0.4, -0.2) is 13.7 Å². The van der Waals surface area contributed by atoms with Gasteiger partial charge in [-0.1, -0.05) is 44.9 Å². The van der Waals surface area contributed by atoms with Crippen LogP contribution in [0.15, 0.2) is 36.4 Å². The molecule has 2 nitrogen and oxygen atoms in total. The zero-order chi connectivity index (χ0) is 15.2. The van der Waals surface area contributed by atoms with E-state index in [0.717, 1.165) is 18.2 Å². The number of hydrogen-bond acceptors (Lipinski definition) is 2. The second kappa shape index (κ2) is 7.46. The van der Waals surface area contributed by atoms with Gasteiger partial charge in [0.25, 0.3) is 0 Å². The maximum absolute atomic E-state index is 5.28. The van der Waals surface area contributed by atoms with Gasteiger partial charge in [-0.05, 0) is 53.9 Å². The standard InChI is InChI=1S/C19H27NO/c1-5-15(6-2)13-20-14(3)16-7-8-18-12-19(21-4)10-9-17(18)11-16/h7-12,14-15,20H,5-6,13H2,1-4H3. The van der Waals surface area contributed by atoms with Crippen LogP contribution in [0.4, 0.5) is 0 Å². The summed E-state index contributed by atoms with van der Waals surface area (Å²) in [6.45, 7) is 7.87. The van der Waals surface area contributed by atoms with Crippen LogP contribution in [0, 0.1) is 5.92 Å². The van der Waals surface area contributed by atoms with Gasteiger partial charge in [0.2, 0.25) is 0 Å². The predicted octanol–water partition coefficient (Wildman–Crippen LogP) is 4.94. The van der Waals surface area contributed by atoms with E-state index >= 15 is 0 Å². The normalized spacial score (nSPS) is 12.8. The third kappa shape index (κ3) is 3.98. The molecule has 2 heteroatoms. The Hall–Kier alpha value is -1.54. The molecule has 0 radical (unpaired) electrons. The number of benzene rings is 2. The van der Waals surface area contributed by atoms with Gasteiger partial charge in [0, 0.05) is 6.04 Å². The van der Waals surface area contributed by atoms with E-state index in [2.05, 4.69) is 56.4 Å². The summed E-state index contributed by atoms with van der Waals surface area (Å²) in [6.07, 6.45) is 2.49. The molecule has 1 unspecified atom stereocenters. The summed E-state index contributed by atoms with van der Waals surface area (Å²) in [5.74, 6) is 1.69. The summed E-state index contributed by atoms with van der Waals surface area (Å²) in [7, 11) is 1.71. The Morgan fingerprint density at radius 2 is 1.67 bits per heavy atom. The number of hydrogen-bond donors (Lipinski definition) is 1. The molecule has 1 atom stereocenters. The van der Waals surface area contributed by atoms with Gasteiger partial charge in [0.05, 0.1) is 7.11 Å². The van der Waals surface area contributed by atoms with Gasteiger partial charge >= 0.3 is 0 Å². The van der Waals surface area contributed by atoms with Crippen molar-refractivity contribution in [3.63, 3.8) is 0 Å². The molecule has 0 aliphatic rings. The minimum absolute atomic E-state index is 0.386. The molecule has 114 valence electrons. The maximum Gasteiger partial charge on any atom is 0.119 e. The molecule has 0 spiro atoms. The smallest absolute Gasteiger partial charge is 0.119 e. The topological polar surface area (TPSA) is 21.3 Å². The molecule has 0 fully saturated rings. The second-order valence-electron chi connectivity index (χ2n) is 5.78. The molecule has 0 saturated heterocycles. The van der Waals surface area contributed by atoms with Crippen molar-refractivity contribution in [1.82, 2.24) is 5.32 Å². The van der Waals surface area contributed by atoms with Gasteiger partial charge in [-0.2, -0.15) is 0 Å². The van der Waals surface area contributed by atoms with Crippen LogP contribution in [0.2, 0.25) is 0 Å². The molecular formula is C19H27NO. The van der Waals surface area contributed by atoms with E-state index in [4.69, 9.17) is 4.74 Å². The van der Waals surface area contributed by atoms with Crippen LogP contribution in [0.1, 0.15) is 45.2 Å². The first-order valence-corrected chi connectivity index (χ1v) is 7.99. The van der Waals surface area contributed by atoms with Crippen molar-refractivity contribution in [2.75, 3.05) is 13.7 Å². The van der Waals surface area contributed by atoms with E-state index in [-0.39, 0.29) is 0 Å². The summed E-state index contributed by atoms with van der Waals surface area (Å²) in [6, 6.07) is 13.3. The molecule has 21 heavy (non-hydrogen) atoms. The average molecular weight is 285 g/mol. The second-order valence-corrected chi connectivity index (χ2v) is 5.78. The van der Waals surface area contributed by atoms with E-state index in [1.54, 1.807) is 7.11 Å². The number of nitrogens with one attached hydrogen (secondary N) is 1. The lowest BCUT2D eigenvalue weighted by Gasteiger charge is -2.19. The molecule has 0 aliphatic carbocycles. The Labute approximate surface area is 128 Å². The van der Waals surface area contributed by atoms with Gasteiger partial charge in [-0.25, -0.2) is 0 Å². The van der Waals surface area contributed by atoms with Gasteiger partial charge < -0.3 is 10.1 Å². The fourth-order valence-electron chi connectivity index (χ4n) is 2.68. The van der Waals surface area contributed by atoms with E-state index in [1.165, 1.54) is 29.2 Å². The first-order chi connectivity index (χ1) is 10.2. The minimum atomic E-state index is 0.386. The van der Waals surface area contributed by atoms with E-state index < -0.39 is 0 Å². The molecule has 2 rings (SSSR count). The van der Waals surface area contributed by atoms with Crippen molar-refractivity contribution in [3.8, 4) is 5.75 Å². The Bertz CT molecular complexity index is 575. The van der Waals surface area contributed by atoms with Crippen LogP contribution < -0.4 is 10.1 Å². The quantitative estimate of drug-likeness (QED) is 0.778. The number of rotatable bonds is 7. The van der Waals surface area contributed by atoms with Crippen molar-refractivity contribution < 1.29 is 4.74 Å². The molecule has 0 bridgehead atoms. The molecule has 0 aliphatic heterocycles. The zero-order valence-corrected chi connectivity index (χ0v) is 13.6. The summed E-state index contributed by atoms with van der Waals surface area (Å²) in [5.41, 5.74) is 1.35. The highest BCUT2D eigenvalue weighted by Gasteiger charge is 2.09. The van der Waals surface area contributed by atoms with E-state index in [9.17, 15) is 0 Å². The summed E-state index contributed by atoms with van der Waals surface area (Å²) >= 11 is 0. The molecule has 0 aromatic heterocycles. The van der Waals surface area contributed by atoms with Crippen molar-refractivity contribution in [2.24, 2.45) is 5.92 Å². The predicted molar refractivity (Wildman–Crippen MR) is 91.0 cm³/mol. The lowest BCUT2D eigenvalue weighted by atomic mass is 10.0. The lowest BCUT2D eigenvalue weighted by molar-refractivity contribution is 0.415. The molecule has 0 saturated carbocycles. The third-order valence-corrected chi connectivity index (χ3v) is 4.44. The number of ether oxygens (including phenoxy) is 1. The minimum Gasteiger partial charge on any atom is -0.497 e. The van der Waals surface area contributed by atoms with Crippen LogP contribution in [0.25, 0.3) is 10.8 Å². The molecular weight excluding hydrogens is 258 g/mol. The van der Waals surface area contributed by atoms with Crippen molar-refractivity contribution in [3.05, 3.63) is 42.0 Å². The Kier molecular flexibility index (Phi) is 5.63. The highest BCUT2D eigenvalue weighted by molar-refractivity contribution is 5.84. The van der Waals surface area contributed by atoms with Gasteiger partial charge in [-0.3, -0.25) is 0 Å². The first kappa shape index (κ1) is 15.8. The fraction of sp³-hybridized carbons (Fsp3) is 0.474. The first-order valence-electron chi connectivity index (χ1n) is 7.99. The largest absolute Gasteiger partial charge is 0.497 e. The molecule has 2 aromatic rings. The molecule has 1 N–H and O–H groups in total. The van der Waals surface area contributed by atoms with Crippen LogP contribution in [0.3, 0.4) is 0 Å². The maximum atomic E-state index is 5.28. The van der Waals surface area contributed by atoms with Crippen LogP contribution in [-0.2, 0) is 0 Å². The van der Waals surface area contributed by atoms with Crippen molar-refractivity contribution >= 4 is 10.8 Å². The Morgan fingerprint density at radius 3 is 2.33 bits per heavy atom. The van der Waals surface area contributed by atoms with Gasteiger partial charge in [0.15, 0.2) is 0 Å².